The molecular formula is C36H46Cl2N4+2. The molecular weight excluding hydrogens is 559 g/mol. The normalized spacial score (nSPS) is 18.8. The summed E-state index contributed by atoms with van der Waals surface area (Å²) in [7, 11) is 8.14. The number of hydrogen-bond donors (Lipinski definition) is 0. The molecule has 0 saturated carbocycles. The van der Waals surface area contributed by atoms with Crippen molar-refractivity contribution in [2.45, 2.75) is 51.4 Å². The van der Waals surface area contributed by atoms with Crippen LogP contribution in [-0.2, 0) is 10.8 Å². The molecule has 2 aromatic carbocycles. The standard InChI is InChI=1S/C36H46Cl2N4/c1-35(2)29-19-17-27(37)25-31(29)41(33(35)15-9-11-21-39(5)6)23-13-14-24-42-32-26-28(38)18-20-30(32)36(3,4)34(42)16-10-12-22-40(7)8/h9-12,15-22,25-26H,13-14,23-24H2,1-8H3/q+2. The average Bonchev–Trinajstić information content (AvgIpc) is 3.24. The van der Waals surface area contributed by atoms with E-state index in [2.05, 4.69) is 111 Å². The van der Waals surface area contributed by atoms with Crippen LogP contribution in [-0.4, -0.2) is 62.9 Å². The van der Waals surface area contributed by atoms with Crippen molar-refractivity contribution in [2.75, 3.05) is 51.1 Å². The topological polar surface area (TPSA) is 12.5 Å². The predicted octanol–water partition coefficient (Wildman–Crippen LogP) is 8.24. The molecule has 2 aliphatic heterocycles. The van der Waals surface area contributed by atoms with E-state index in [1.165, 1.54) is 33.9 Å². The molecule has 0 spiro atoms. The molecule has 4 nitrogen and oxygen atoms in total. The number of halogens is 2. The Morgan fingerprint density at radius 3 is 1.36 bits per heavy atom. The van der Waals surface area contributed by atoms with Gasteiger partial charge in [0.25, 0.3) is 0 Å². The molecule has 2 aromatic rings. The number of unbranched alkanes of at least 4 members (excludes halogenated alkanes) is 1. The number of anilines is 2. The van der Waals surface area contributed by atoms with Gasteiger partial charge in [0.05, 0.1) is 0 Å². The van der Waals surface area contributed by atoms with Crippen molar-refractivity contribution in [3.05, 3.63) is 105 Å². The number of hydrogen-bond acceptors (Lipinski definition) is 2. The first kappa shape index (κ1) is 31.8. The maximum absolute atomic E-state index is 6.51. The lowest BCUT2D eigenvalue weighted by Crippen LogP contribution is -2.29. The minimum absolute atomic E-state index is 0.108. The fourth-order valence-corrected chi connectivity index (χ4v) is 6.41. The van der Waals surface area contributed by atoms with Crippen LogP contribution in [0.1, 0.15) is 51.7 Å². The van der Waals surface area contributed by atoms with Crippen LogP contribution >= 0.6 is 23.2 Å². The highest BCUT2D eigenvalue weighted by molar-refractivity contribution is 6.31. The summed E-state index contributed by atoms with van der Waals surface area (Å²) in [6.45, 7) is 11.1. The molecule has 42 heavy (non-hydrogen) atoms. The zero-order chi connectivity index (χ0) is 30.7. The second kappa shape index (κ2) is 13.1. The van der Waals surface area contributed by atoms with Crippen LogP contribution in [0, 0.1) is 0 Å². The summed E-state index contributed by atoms with van der Waals surface area (Å²) < 4.78 is 4.09. The largest absolute Gasteiger partial charge is 0.344 e. The van der Waals surface area contributed by atoms with Gasteiger partial charge in [-0.3, -0.25) is 0 Å². The van der Waals surface area contributed by atoms with Crippen LogP contribution in [0.25, 0.3) is 0 Å². The monoisotopic (exact) mass is 604 g/mol. The smallest absolute Gasteiger partial charge is 0.162 e. The third-order valence-corrected chi connectivity index (χ3v) is 8.69. The molecule has 222 valence electrons. The second-order valence-corrected chi connectivity index (χ2v) is 13.6. The van der Waals surface area contributed by atoms with E-state index in [9.17, 15) is 0 Å². The Bertz CT molecular complexity index is 1380. The van der Waals surface area contributed by atoms with Crippen molar-refractivity contribution in [1.82, 2.24) is 0 Å². The highest BCUT2D eigenvalue weighted by atomic mass is 35.5. The summed E-state index contributed by atoms with van der Waals surface area (Å²) >= 11 is 13.0. The SMILES string of the molecule is C[N+](C)=CC=CC=C1N(CCCCN2C(=CC=CC=[N+](C)C)C(C)(C)c3ccc(Cl)cc32)c2cc(Cl)ccc2C1(C)C. The molecule has 0 radical (unpaired) electrons. The molecule has 0 amide bonds. The average molecular weight is 606 g/mol. The number of rotatable bonds is 9. The van der Waals surface area contributed by atoms with Gasteiger partial charge >= 0.3 is 0 Å². The van der Waals surface area contributed by atoms with E-state index < -0.39 is 0 Å². The number of allylic oxidation sites excluding steroid dienone is 8. The van der Waals surface area contributed by atoms with Gasteiger partial charge in [-0.05, 0) is 60.4 Å². The van der Waals surface area contributed by atoms with Gasteiger partial charge in [-0.15, -0.1) is 0 Å². The van der Waals surface area contributed by atoms with E-state index in [1.54, 1.807) is 0 Å². The quantitative estimate of drug-likeness (QED) is 0.162. The van der Waals surface area contributed by atoms with Crippen molar-refractivity contribution in [1.29, 1.82) is 0 Å². The first-order chi connectivity index (χ1) is 19.8. The van der Waals surface area contributed by atoms with E-state index in [0.29, 0.717) is 0 Å². The molecule has 0 aliphatic carbocycles. The van der Waals surface area contributed by atoms with E-state index in [0.717, 1.165) is 36.0 Å². The van der Waals surface area contributed by atoms with E-state index in [1.807, 2.05) is 49.5 Å². The highest BCUT2D eigenvalue weighted by Crippen LogP contribution is 2.50. The molecule has 0 bridgehead atoms. The Hall–Kier alpha value is -3.08. The maximum Gasteiger partial charge on any atom is 0.162 e. The van der Waals surface area contributed by atoms with Crippen molar-refractivity contribution < 1.29 is 9.15 Å². The number of benzene rings is 2. The number of fused-ring (bicyclic) bond motifs is 2. The molecule has 2 heterocycles. The third kappa shape index (κ3) is 6.76. The van der Waals surface area contributed by atoms with Crippen molar-refractivity contribution in [3.8, 4) is 0 Å². The van der Waals surface area contributed by atoms with Crippen molar-refractivity contribution >= 4 is 47.0 Å². The van der Waals surface area contributed by atoms with Gasteiger partial charge in [0.2, 0.25) is 0 Å². The van der Waals surface area contributed by atoms with Gasteiger partial charge in [-0.1, -0.05) is 75.2 Å². The Morgan fingerprint density at radius 1 is 0.619 bits per heavy atom. The summed E-state index contributed by atoms with van der Waals surface area (Å²) in [5.74, 6) is 0. The fraction of sp³-hybridized carbons (Fsp3) is 0.389. The van der Waals surface area contributed by atoms with E-state index >= 15 is 0 Å². The molecule has 4 rings (SSSR count). The van der Waals surface area contributed by atoms with Crippen LogP contribution in [0.3, 0.4) is 0 Å². The Morgan fingerprint density at radius 2 is 1.00 bits per heavy atom. The van der Waals surface area contributed by atoms with Gasteiger partial charge < -0.3 is 9.80 Å². The number of nitrogens with zero attached hydrogens (tertiary/aromatic N) is 4. The zero-order valence-corrected chi connectivity index (χ0v) is 28.0. The highest BCUT2D eigenvalue weighted by Gasteiger charge is 2.41. The maximum atomic E-state index is 6.51. The Balaban J connectivity index is 1.58. The summed E-state index contributed by atoms with van der Waals surface area (Å²) in [5, 5.41) is 1.55. The molecule has 0 fully saturated rings. The van der Waals surface area contributed by atoms with Crippen LogP contribution in [0.4, 0.5) is 11.4 Å². The zero-order valence-electron chi connectivity index (χ0n) is 26.5. The molecule has 0 N–H and O–H groups in total. The van der Waals surface area contributed by atoms with Gasteiger partial charge in [-0.2, -0.15) is 0 Å². The van der Waals surface area contributed by atoms with Crippen LogP contribution in [0.5, 0.6) is 0 Å². The van der Waals surface area contributed by atoms with Gasteiger partial charge in [0.1, 0.15) is 28.2 Å². The lowest BCUT2D eigenvalue weighted by Gasteiger charge is -2.29. The van der Waals surface area contributed by atoms with Crippen LogP contribution in [0.15, 0.2) is 84.2 Å². The lowest BCUT2D eigenvalue weighted by atomic mass is 9.83. The molecule has 0 unspecified atom stereocenters. The minimum atomic E-state index is -0.108. The van der Waals surface area contributed by atoms with Crippen LogP contribution < -0.4 is 9.80 Å². The van der Waals surface area contributed by atoms with Gasteiger partial charge in [0, 0.05) is 68.9 Å². The van der Waals surface area contributed by atoms with Gasteiger partial charge in [0.15, 0.2) is 12.4 Å². The first-order valence-corrected chi connectivity index (χ1v) is 15.5. The second-order valence-electron chi connectivity index (χ2n) is 12.7. The molecule has 2 aliphatic rings. The Kier molecular flexibility index (Phi) is 9.90. The molecule has 0 aromatic heterocycles. The third-order valence-electron chi connectivity index (χ3n) is 8.22. The molecule has 0 saturated heterocycles. The summed E-state index contributed by atoms with van der Waals surface area (Å²) in [4.78, 5) is 4.94. The molecule has 6 heteroatoms. The van der Waals surface area contributed by atoms with E-state index in [-0.39, 0.29) is 10.8 Å². The summed E-state index contributed by atoms with van der Waals surface area (Å²) in [6.07, 6.45) is 19.2. The summed E-state index contributed by atoms with van der Waals surface area (Å²) in [6, 6.07) is 12.6. The molecule has 0 atom stereocenters. The van der Waals surface area contributed by atoms with Crippen LogP contribution in [0.2, 0.25) is 10.0 Å². The van der Waals surface area contributed by atoms with E-state index in [4.69, 9.17) is 23.2 Å². The van der Waals surface area contributed by atoms with Crippen molar-refractivity contribution in [3.63, 3.8) is 0 Å². The summed E-state index contributed by atoms with van der Waals surface area (Å²) in [5.41, 5.74) is 7.44. The minimum Gasteiger partial charge on any atom is -0.344 e. The fourth-order valence-electron chi connectivity index (χ4n) is 6.08. The van der Waals surface area contributed by atoms with Gasteiger partial charge in [-0.25, -0.2) is 9.15 Å². The van der Waals surface area contributed by atoms with Crippen molar-refractivity contribution in [2.24, 2.45) is 0 Å². The Labute approximate surface area is 263 Å². The lowest BCUT2D eigenvalue weighted by molar-refractivity contribution is -0.458. The first-order valence-electron chi connectivity index (χ1n) is 14.8. The predicted molar refractivity (Wildman–Crippen MR) is 184 cm³/mol.